The summed E-state index contributed by atoms with van der Waals surface area (Å²) in [6.07, 6.45) is 3.40. The van der Waals surface area contributed by atoms with E-state index < -0.39 is 0 Å². The molecule has 0 spiro atoms. The maximum atomic E-state index is 12.6. The quantitative estimate of drug-likeness (QED) is 0.705. The number of amides is 2. The number of benzene rings is 2. The summed E-state index contributed by atoms with van der Waals surface area (Å²) in [5.41, 5.74) is 6.05. The maximum absolute atomic E-state index is 12.6. The standard InChI is InChI=1S/C24H27N3O2/c28-23-13-19(24(29)26-10-8-16-7-9-25-14-16)15-27(23)20-5-6-22-18(12-20)11-17-3-1-2-4-21(17)22/h1-6,12,16,19,25H,7-11,13-15H2,(H,26,29). The molecule has 2 aromatic rings. The second-order valence-corrected chi connectivity index (χ2v) is 8.52. The van der Waals surface area contributed by atoms with Gasteiger partial charge < -0.3 is 15.5 Å². The van der Waals surface area contributed by atoms with Crippen molar-refractivity contribution in [2.45, 2.75) is 25.7 Å². The topological polar surface area (TPSA) is 61.4 Å². The summed E-state index contributed by atoms with van der Waals surface area (Å²) in [7, 11) is 0. The van der Waals surface area contributed by atoms with Crippen LogP contribution in [0, 0.1) is 11.8 Å². The van der Waals surface area contributed by atoms with Gasteiger partial charge in [-0.1, -0.05) is 30.3 Å². The molecule has 3 aliphatic rings. The first-order valence-corrected chi connectivity index (χ1v) is 10.7. The van der Waals surface area contributed by atoms with E-state index in [1.54, 1.807) is 4.90 Å². The molecule has 29 heavy (non-hydrogen) atoms. The molecule has 2 saturated heterocycles. The van der Waals surface area contributed by atoms with E-state index in [0.29, 0.717) is 25.4 Å². The zero-order valence-corrected chi connectivity index (χ0v) is 16.6. The Bertz CT molecular complexity index is 949. The third-order valence-electron chi connectivity index (χ3n) is 6.60. The van der Waals surface area contributed by atoms with Crippen LogP contribution in [0.15, 0.2) is 42.5 Å². The monoisotopic (exact) mass is 389 g/mol. The molecule has 5 heteroatoms. The molecule has 0 radical (unpaired) electrons. The zero-order chi connectivity index (χ0) is 19.8. The number of fused-ring (bicyclic) bond motifs is 3. The average molecular weight is 389 g/mol. The molecule has 0 bridgehead atoms. The number of carbonyl (C=O) groups is 2. The molecular weight excluding hydrogens is 362 g/mol. The summed E-state index contributed by atoms with van der Waals surface area (Å²) in [5.74, 6) is 0.461. The first-order valence-electron chi connectivity index (χ1n) is 10.7. The van der Waals surface area contributed by atoms with Gasteiger partial charge in [0.15, 0.2) is 0 Å². The molecule has 5 rings (SSSR count). The van der Waals surface area contributed by atoms with E-state index in [9.17, 15) is 9.59 Å². The van der Waals surface area contributed by atoms with Crippen LogP contribution in [-0.4, -0.2) is 38.0 Å². The van der Waals surface area contributed by atoms with Crippen LogP contribution < -0.4 is 15.5 Å². The Labute approximate surface area is 171 Å². The summed E-state index contributed by atoms with van der Waals surface area (Å²) in [6, 6.07) is 14.7. The molecule has 2 heterocycles. The molecule has 2 amide bonds. The van der Waals surface area contributed by atoms with Gasteiger partial charge in [-0.2, -0.15) is 0 Å². The lowest BCUT2D eigenvalue weighted by atomic mass is 10.0. The van der Waals surface area contributed by atoms with E-state index in [0.717, 1.165) is 31.6 Å². The number of nitrogens with zero attached hydrogens (tertiary/aromatic N) is 1. The molecule has 2 atom stereocenters. The molecule has 0 aromatic heterocycles. The van der Waals surface area contributed by atoms with Crippen molar-refractivity contribution >= 4 is 17.5 Å². The molecule has 2 aliphatic heterocycles. The summed E-state index contributed by atoms with van der Waals surface area (Å²) < 4.78 is 0. The summed E-state index contributed by atoms with van der Waals surface area (Å²) in [6.45, 7) is 3.30. The minimum Gasteiger partial charge on any atom is -0.356 e. The lowest BCUT2D eigenvalue weighted by Crippen LogP contribution is -2.34. The van der Waals surface area contributed by atoms with Crippen LogP contribution in [0.25, 0.3) is 11.1 Å². The molecule has 2 unspecified atom stereocenters. The van der Waals surface area contributed by atoms with Crippen molar-refractivity contribution in [2.75, 3.05) is 31.1 Å². The minimum absolute atomic E-state index is 0.0142. The van der Waals surface area contributed by atoms with Crippen LogP contribution in [0.3, 0.4) is 0 Å². The highest BCUT2D eigenvalue weighted by atomic mass is 16.2. The number of rotatable bonds is 5. The largest absolute Gasteiger partial charge is 0.356 e. The minimum atomic E-state index is -0.255. The first kappa shape index (κ1) is 18.4. The van der Waals surface area contributed by atoms with Gasteiger partial charge >= 0.3 is 0 Å². The molecule has 0 saturated carbocycles. The lowest BCUT2D eigenvalue weighted by Gasteiger charge is -2.18. The highest BCUT2D eigenvalue weighted by Crippen LogP contribution is 2.39. The lowest BCUT2D eigenvalue weighted by molar-refractivity contribution is -0.126. The first-order chi connectivity index (χ1) is 14.2. The Morgan fingerprint density at radius 2 is 2.00 bits per heavy atom. The van der Waals surface area contributed by atoms with Crippen molar-refractivity contribution in [1.29, 1.82) is 0 Å². The van der Waals surface area contributed by atoms with Crippen molar-refractivity contribution in [1.82, 2.24) is 10.6 Å². The van der Waals surface area contributed by atoms with Crippen molar-refractivity contribution in [2.24, 2.45) is 11.8 Å². The predicted octanol–water partition coefficient (Wildman–Crippen LogP) is 2.73. The van der Waals surface area contributed by atoms with Crippen molar-refractivity contribution in [3.8, 4) is 11.1 Å². The number of nitrogens with one attached hydrogen (secondary N) is 2. The van der Waals surface area contributed by atoms with Crippen molar-refractivity contribution in [3.05, 3.63) is 53.6 Å². The van der Waals surface area contributed by atoms with E-state index in [-0.39, 0.29) is 17.7 Å². The van der Waals surface area contributed by atoms with Gasteiger partial charge in [-0.05, 0) is 72.7 Å². The Balaban J connectivity index is 1.23. The van der Waals surface area contributed by atoms with Gasteiger partial charge in [0.1, 0.15) is 0 Å². The second-order valence-electron chi connectivity index (χ2n) is 8.52. The average Bonchev–Trinajstić information content (AvgIpc) is 3.45. The SMILES string of the molecule is O=C(NCCC1CCNC1)C1CC(=O)N(c2ccc3c(c2)Cc2ccccc2-3)C1. The van der Waals surface area contributed by atoms with Gasteiger partial charge in [0.25, 0.3) is 0 Å². The molecule has 1 aliphatic carbocycles. The van der Waals surface area contributed by atoms with E-state index in [1.165, 1.54) is 28.7 Å². The number of anilines is 1. The highest BCUT2D eigenvalue weighted by Gasteiger charge is 2.35. The number of carbonyl (C=O) groups excluding carboxylic acids is 2. The molecule has 2 N–H and O–H groups in total. The fourth-order valence-electron chi connectivity index (χ4n) is 4.94. The Kier molecular flexibility index (Phi) is 4.84. The molecular formula is C24H27N3O2. The van der Waals surface area contributed by atoms with Crippen LogP contribution >= 0.6 is 0 Å². The van der Waals surface area contributed by atoms with E-state index in [1.807, 2.05) is 6.07 Å². The summed E-state index contributed by atoms with van der Waals surface area (Å²) >= 11 is 0. The van der Waals surface area contributed by atoms with Gasteiger partial charge in [0.05, 0.1) is 5.92 Å². The third kappa shape index (κ3) is 3.55. The van der Waals surface area contributed by atoms with Gasteiger partial charge in [-0.15, -0.1) is 0 Å². The van der Waals surface area contributed by atoms with Crippen LogP contribution in [0.5, 0.6) is 0 Å². The van der Waals surface area contributed by atoms with E-state index in [4.69, 9.17) is 0 Å². The van der Waals surface area contributed by atoms with E-state index in [2.05, 4.69) is 47.0 Å². The summed E-state index contributed by atoms with van der Waals surface area (Å²) in [5, 5.41) is 6.41. The Hall–Kier alpha value is -2.66. The molecule has 150 valence electrons. The van der Waals surface area contributed by atoms with Gasteiger partial charge in [-0.25, -0.2) is 0 Å². The maximum Gasteiger partial charge on any atom is 0.227 e. The zero-order valence-electron chi connectivity index (χ0n) is 16.6. The molecule has 5 nitrogen and oxygen atoms in total. The van der Waals surface area contributed by atoms with Crippen molar-refractivity contribution < 1.29 is 9.59 Å². The fourth-order valence-corrected chi connectivity index (χ4v) is 4.94. The highest BCUT2D eigenvalue weighted by molar-refractivity contribution is 6.00. The van der Waals surface area contributed by atoms with Crippen molar-refractivity contribution in [3.63, 3.8) is 0 Å². The normalized spacial score (nSPS) is 22.6. The third-order valence-corrected chi connectivity index (χ3v) is 6.60. The Morgan fingerprint density at radius 1 is 1.14 bits per heavy atom. The van der Waals surface area contributed by atoms with Gasteiger partial charge in [0.2, 0.25) is 11.8 Å². The smallest absolute Gasteiger partial charge is 0.227 e. The van der Waals surface area contributed by atoms with Crippen LogP contribution in [0.2, 0.25) is 0 Å². The van der Waals surface area contributed by atoms with Crippen LogP contribution in [-0.2, 0) is 16.0 Å². The summed E-state index contributed by atoms with van der Waals surface area (Å²) in [4.78, 5) is 27.0. The molecule has 2 fully saturated rings. The Morgan fingerprint density at radius 3 is 2.86 bits per heavy atom. The molecule has 2 aromatic carbocycles. The van der Waals surface area contributed by atoms with Crippen LogP contribution in [0.1, 0.15) is 30.4 Å². The van der Waals surface area contributed by atoms with Gasteiger partial charge in [0, 0.05) is 25.2 Å². The van der Waals surface area contributed by atoms with Crippen LogP contribution in [0.4, 0.5) is 5.69 Å². The number of hydrogen-bond donors (Lipinski definition) is 2. The van der Waals surface area contributed by atoms with E-state index >= 15 is 0 Å². The number of hydrogen-bond acceptors (Lipinski definition) is 3. The predicted molar refractivity (Wildman–Crippen MR) is 114 cm³/mol. The second kappa shape index (κ2) is 7.64. The fraction of sp³-hybridized carbons (Fsp3) is 0.417. The van der Waals surface area contributed by atoms with Gasteiger partial charge in [-0.3, -0.25) is 9.59 Å².